The average molecular weight is 200 g/mol. The zero-order valence-corrected chi connectivity index (χ0v) is 7.69. The first-order valence-corrected chi connectivity index (χ1v) is 4.86. The Morgan fingerprint density at radius 3 is 2.92 bits per heavy atom. The second-order valence-corrected chi connectivity index (χ2v) is 3.67. The lowest BCUT2D eigenvalue weighted by Crippen LogP contribution is -1.95. The summed E-state index contributed by atoms with van der Waals surface area (Å²) in [7, 11) is 0. The van der Waals surface area contributed by atoms with Crippen LogP contribution in [0.5, 0.6) is 0 Å². The molecular weight excluding hydrogens is 196 g/mol. The van der Waals surface area contributed by atoms with Gasteiger partial charge in [-0.05, 0) is 6.26 Å². The molecule has 1 rings (SSSR count). The van der Waals surface area contributed by atoms with Crippen molar-refractivity contribution in [1.82, 2.24) is 10.2 Å². The summed E-state index contributed by atoms with van der Waals surface area (Å²) < 4.78 is 0.737. The number of nitrogens with zero attached hydrogens (tertiary/aromatic N) is 4. The highest BCUT2D eigenvalue weighted by Crippen LogP contribution is 2.19. The van der Waals surface area contributed by atoms with E-state index in [1.165, 1.54) is 23.1 Å². The van der Waals surface area contributed by atoms with Crippen molar-refractivity contribution < 1.29 is 5.21 Å². The van der Waals surface area contributed by atoms with Crippen LogP contribution in [0.4, 0.5) is 0 Å². The summed E-state index contributed by atoms with van der Waals surface area (Å²) in [6.07, 6.45) is 1.85. The van der Waals surface area contributed by atoms with Crippen LogP contribution in [0.1, 0.15) is 5.01 Å². The maximum Gasteiger partial charge on any atom is 0.217 e. The first-order chi connectivity index (χ1) is 5.81. The fraction of sp³-hybridized carbons (Fsp3) is 0.200. The van der Waals surface area contributed by atoms with Crippen molar-refractivity contribution in [2.24, 2.45) is 5.16 Å². The van der Waals surface area contributed by atoms with E-state index in [0.717, 1.165) is 4.34 Å². The van der Waals surface area contributed by atoms with E-state index in [1.807, 2.05) is 6.26 Å². The Morgan fingerprint density at radius 2 is 2.50 bits per heavy atom. The fourth-order valence-corrected chi connectivity index (χ4v) is 1.71. The van der Waals surface area contributed by atoms with E-state index in [-0.39, 0.29) is 5.71 Å². The van der Waals surface area contributed by atoms with E-state index in [0.29, 0.717) is 5.01 Å². The number of thioether (sulfide) groups is 1. The van der Waals surface area contributed by atoms with Gasteiger partial charge in [0, 0.05) is 0 Å². The summed E-state index contributed by atoms with van der Waals surface area (Å²) >= 11 is 2.64. The summed E-state index contributed by atoms with van der Waals surface area (Å²) in [5.74, 6) is 0. The van der Waals surface area contributed by atoms with Gasteiger partial charge in [0.15, 0.2) is 9.35 Å². The fourth-order valence-electron chi connectivity index (χ4n) is 0.501. The predicted molar refractivity (Wildman–Crippen MR) is 45.6 cm³/mol. The molecule has 0 atom stereocenters. The lowest BCUT2D eigenvalue weighted by atomic mass is 10.4. The van der Waals surface area contributed by atoms with Crippen molar-refractivity contribution in [3.8, 4) is 6.07 Å². The third-order valence-corrected chi connectivity index (χ3v) is 2.90. The molecule has 1 N–H and O–H groups in total. The van der Waals surface area contributed by atoms with Gasteiger partial charge in [0.25, 0.3) is 0 Å². The average Bonchev–Trinajstić information content (AvgIpc) is 2.55. The first-order valence-electron chi connectivity index (χ1n) is 2.82. The SMILES string of the molecule is CSc1nnc(/C(C#N)=N/O)s1. The van der Waals surface area contributed by atoms with Gasteiger partial charge in [-0.2, -0.15) is 5.26 Å². The summed E-state index contributed by atoms with van der Waals surface area (Å²) in [6, 6.07) is 1.70. The van der Waals surface area contributed by atoms with E-state index in [2.05, 4.69) is 15.4 Å². The molecule has 7 heteroatoms. The summed E-state index contributed by atoms with van der Waals surface area (Å²) in [5, 5.41) is 27.3. The Hall–Kier alpha value is -1.13. The second kappa shape index (κ2) is 4.04. The third kappa shape index (κ3) is 1.72. The van der Waals surface area contributed by atoms with Gasteiger partial charge in [-0.3, -0.25) is 0 Å². The van der Waals surface area contributed by atoms with Crippen LogP contribution in [0.2, 0.25) is 0 Å². The molecule has 0 radical (unpaired) electrons. The molecule has 0 fully saturated rings. The standard InChI is InChI=1S/C5H4N4OS2/c1-11-5-8-7-4(12-5)3(2-6)9-10/h10H,1H3/b9-3+. The molecular formula is C5H4N4OS2. The molecule has 62 valence electrons. The van der Waals surface area contributed by atoms with E-state index >= 15 is 0 Å². The minimum absolute atomic E-state index is 0.104. The van der Waals surface area contributed by atoms with Crippen LogP contribution in [0.3, 0.4) is 0 Å². The molecule has 0 unspecified atom stereocenters. The van der Waals surface area contributed by atoms with Crippen LogP contribution < -0.4 is 0 Å². The maximum atomic E-state index is 8.45. The minimum Gasteiger partial charge on any atom is -0.410 e. The molecule has 0 spiro atoms. The van der Waals surface area contributed by atoms with Crippen molar-refractivity contribution in [2.75, 3.05) is 6.26 Å². The zero-order valence-electron chi connectivity index (χ0n) is 6.05. The van der Waals surface area contributed by atoms with Crippen LogP contribution >= 0.6 is 23.1 Å². The Labute approximate surface area is 76.7 Å². The number of aromatic nitrogens is 2. The molecule has 1 aromatic heterocycles. The summed E-state index contributed by atoms with van der Waals surface area (Å²) in [5.41, 5.74) is -0.104. The Morgan fingerprint density at radius 1 is 1.75 bits per heavy atom. The molecule has 0 aliphatic carbocycles. The van der Waals surface area contributed by atoms with Gasteiger partial charge < -0.3 is 5.21 Å². The summed E-state index contributed by atoms with van der Waals surface area (Å²) in [6.45, 7) is 0. The van der Waals surface area contributed by atoms with Gasteiger partial charge in [0.05, 0.1) is 0 Å². The highest BCUT2D eigenvalue weighted by atomic mass is 32.2. The maximum absolute atomic E-state index is 8.45. The van der Waals surface area contributed by atoms with Crippen LogP contribution in [-0.2, 0) is 0 Å². The van der Waals surface area contributed by atoms with Crippen molar-refractivity contribution in [3.05, 3.63) is 5.01 Å². The van der Waals surface area contributed by atoms with Gasteiger partial charge in [0.1, 0.15) is 6.07 Å². The molecule has 12 heavy (non-hydrogen) atoms. The Kier molecular flexibility index (Phi) is 3.01. The van der Waals surface area contributed by atoms with Crippen LogP contribution in [-0.4, -0.2) is 27.4 Å². The lowest BCUT2D eigenvalue weighted by molar-refractivity contribution is 0.320. The predicted octanol–water partition coefficient (Wildman–Crippen LogP) is 0.962. The van der Waals surface area contributed by atoms with Gasteiger partial charge in [-0.25, -0.2) is 0 Å². The number of hydrogen-bond acceptors (Lipinski definition) is 7. The topological polar surface area (TPSA) is 82.2 Å². The smallest absolute Gasteiger partial charge is 0.217 e. The van der Waals surface area contributed by atoms with Crippen molar-refractivity contribution >= 4 is 28.8 Å². The molecule has 0 aliphatic heterocycles. The molecule has 0 aliphatic rings. The lowest BCUT2D eigenvalue weighted by Gasteiger charge is -1.82. The number of nitriles is 1. The normalized spacial score (nSPS) is 11.2. The Bertz CT molecular complexity index is 339. The number of hydrogen-bond donors (Lipinski definition) is 1. The summed E-state index contributed by atoms with van der Waals surface area (Å²) in [4.78, 5) is 0. The highest BCUT2D eigenvalue weighted by molar-refractivity contribution is 8.00. The largest absolute Gasteiger partial charge is 0.410 e. The molecule has 0 aromatic carbocycles. The zero-order chi connectivity index (χ0) is 8.97. The van der Waals surface area contributed by atoms with Gasteiger partial charge in [-0.15, -0.1) is 10.2 Å². The monoisotopic (exact) mass is 200 g/mol. The van der Waals surface area contributed by atoms with Crippen LogP contribution in [0.25, 0.3) is 0 Å². The Balaban J connectivity index is 2.97. The molecule has 5 nitrogen and oxygen atoms in total. The van der Waals surface area contributed by atoms with Crippen LogP contribution in [0.15, 0.2) is 9.50 Å². The van der Waals surface area contributed by atoms with E-state index in [4.69, 9.17) is 10.5 Å². The molecule has 0 amide bonds. The van der Waals surface area contributed by atoms with Crippen molar-refractivity contribution in [3.63, 3.8) is 0 Å². The molecule has 1 heterocycles. The third-order valence-electron chi connectivity index (χ3n) is 0.990. The van der Waals surface area contributed by atoms with Crippen LogP contribution in [0, 0.1) is 11.3 Å². The molecule has 0 bridgehead atoms. The molecule has 0 saturated carbocycles. The number of oxime groups is 1. The molecule has 0 saturated heterocycles. The quantitative estimate of drug-likeness (QED) is 0.333. The van der Waals surface area contributed by atoms with Crippen molar-refractivity contribution in [1.29, 1.82) is 5.26 Å². The van der Waals surface area contributed by atoms with Gasteiger partial charge in [-0.1, -0.05) is 28.3 Å². The first kappa shape index (κ1) is 8.96. The molecule has 1 aromatic rings. The van der Waals surface area contributed by atoms with E-state index in [9.17, 15) is 0 Å². The van der Waals surface area contributed by atoms with E-state index in [1.54, 1.807) is 6.07 Å². The van der Waals surface area contributed by atoms with Crippen molar-refractivity contribution in [2.45, 2.75) is 4.34 Å². The number of rotatable bonds is 2. The highest BCUT2D eigenvalue weighted by Gasteiger charge is 2.09. The second-order valence-electron chi connectivity index (χ2n) is 1.64. The minimum atomic E-state index is -0.104. The van der Waals surface area contributed by atoms with Gasteiger partial charge >= 0.3 is 0 Å². The van der Waals surface area contributed by atoms with Gasteiger partial charge in [0.2, 0.25) is 5.71 Å². The van der Waals surface area contributed by atoms with E-state index < -0.39 is 0 Å².